The zero-order valence-electron chi connectivity index (χ0n) is 12.7. The topological polar surface area (TPSA) is 60.7 Å². The second-order valence-corrected chi connectivity index (χ2v) is 6.25. The first-order valence-electron chi connectivity index (χ1n) is 7.27. The number of thiazole rings is 1. The Morgan fingerprint density at radius 3 is 2.54 bits per heavy atom. The molecule has 118 valence electrons. The van der Waals surface area contributed by atoms with Gasteiger partial charge < -0.3 is 4.74 Å². The van der Waals surface area contributed by atoms with Crippen molar-refractivity contribution in [3.63, 3.8) is 0 Å². The minimum atomic E-state index is -0.339. The lowest BCUT2D eigenvalue weighted by molar-refractivity contribution is 0.415. The first kappa shape index (κ1) is 14.6. The lowest BCUT2D eigenvalue weighted by Crippen LogP contribution is -2.31. The van der Waals surface area contributed by atoms with Gasteiger partial charge in [-0.25, -0.2) is 9.38 Å². The fourth-order valence-corrected chi connectivity index (χ4v) is 3.53. The summed E-state index contributed by atoms with van der Waals surface area (Å²) in [5.41, 5.74) is 0.789. The van der Waals surface area contributed by atoms with Crippen LogP contribution in [0.25, 0.3) is 21.9 Å². The van der Waals surface area contributed by atoms with Gasteiger partial charge in [-0.3, -0.25) is 9.59 Å². The van der Waals surface area contributed by atoms with Crippen molar-refractivity contribution < 1.29 is 4.74 Å². The van der Waals surface area contributed by atoms with Gasteiger partial charge in [-0.2, -0.15) is 0 Å². The quantitative estimate of drug-likeness (QED) is 0.560. The smallest absolute Gasteiger partial charge is 0.277 e. The monoisotopic (exact) mass is 336 g/mol. The van der Waals surface area contributed by atoms with Gasteiger partial charge in [-0.05, 0) is 35.9 Å². The van der Waals surface area contributed by atoms with Gasteiger partial charge in [0.15, 0.2) is 0 Å². The Hall–Kier alpha value is -2.99. The largest absolute Gasteiger partial charge is 0.497 e. The van der Waals surface area contributed by atoms with E-state index < -0.39 is 0 Å². The van der Waals surface area contributed by atoms with Crippen LogP contribution in [-0.4, -0.2) is 16.5 Å². The van der Waals surface area contributed by atoms with Gasteiger partial charge in [0.2, 0.25) is 4.96 Å². The molecule has 0 aliphatic rings. The fraction of sp³-hybridized carbons (Fsp3) is 0.0556. The van der Waals surface area contributed by atoms with E-state index in [-0.39, 0.29) is 11.1 Å². The number of hydrogen-bond acceptors (Lipinski definition) is 5. The highest BCUT2D eigenvalue weighted by atomic mass is 32.1. The highest BCUT2D eigenvalue weighted by Gasteiger charge is 2.10. The second-order valence-electron chi connectivity index (χ2n) is 5.24. The van der Waals surface area contributed by atoms with E-state index in [1.54, 1.807) is 31.4 Å². The molecule has 2 aromatic heterocycles. The number of methoxy groups -OCH3 is 1. The van der Waals surface area contributed by atoms with Gasteiger partial charge in [0, 0.05) is 0 Å². The van der Waals surface area contributed by atoms with E-state index in [4.69, 9.17) is 4.74 Å². The average molecular weight is 336 g/mol. The van der Waals surface area contributed by atoms with E-state index in [9.17, 15) is 9.59 Å². The number of benzene rings is 2. The standard InChI is InChI=1S/C18H12N2O3S/c1-23-12-8-6-11(7-9-12)10-15-17(22)20-16(21)13-4-2-3-5-14(13)19-18(20)24-15/h2-10H,1H3/b15-10-. The van der Waals surface area contributed by atoms with Crippen LogP contribution in [0.2, 0.25) is 0 Å². The van der Waals surface area contributed by atoms with Crippen LogP contribution in [-0.2, 0) is 0 Å². The predicted octanol–water partition coefficient (Wildman–Crippen LogP) is 1.83. The zero-order chi connectivity index (χ0) is 16.7. The molecule has 0 spiro atoms. The number of fused-ring (bicyclic) bond motifs is 2. The van der Waals surface area contributed by atoms with Gasteiger partial charge in [0.05, 0.1) is 22.5 Å². The Balaban J connectivity index is 2.00. The van der Waals surface area contributed by atoms with Gasteiger partial charge in [0.1, 0.15) is 5.75 Å². The van der Waals surface area contributed by atoms with Crippen molar-refractivity contribution in [1.82, 2.24) is 9.38 Å². The lowest BCUT2D eigenvalue weighted by Gasteiger charge is -1.98. The molecule has 24 heavy (non-hydrogen) atoms. The van der Waals surface area contributed by atoms with Crippen LogP contribution >= 0.6 is 11.3 Å². The van der Waals surface area contributed by atoms with Crippen molar-refractivity contribution in [1.29, 1.82) is 0 Å². The Bertz CT molecular complexity index is 1220. The molecule has 4 aromatic rings. The molecule has 4 rings (SSSR count). The zero-order valence-corrected chi connectivity index (χ0v) is 13.5. The Kier molecular flexibility index (Phi) is 3.39. The number of para-hydroxylation sites is 1. The van der Waals surface area contributed by atoms with Crippen molar-refractivity contribution in [2.45, 2.75) is 0 Å². The molecule has 0 aliphatic heterocycles. The minimum Gasteiger partial charge on any atom is -0.497 e. The molecule has 0 atom stereocenters. The van der Waals surface area contributed by atoms with E-state index in [0.717, 1.165) is 15.7 Å². The molecule has 0 aliphatic carbocycles. The summed E-state index contributed by atoms with van der Waals surface area (Å²) >= 11 is 1.21. The summed E-state index contributed by atoms with van der Waals surface area (Å²) in [4.78, 5) is 30.0. The average Bonchev–Trinajstić information content (AvgIpc) is 2.92. The van der Waals surface area contributed by atoms with Gasteiger partial charge in [-0.1, -0.05) is 35.6 Å². The third-order valence-electron chi connectivity index (χ3n) is 3.77. The summed E-state index contributed by atoms with van der Waals surface area (Å²) in [6.45, 7) is 0. The molecule has 0 amide bonds. The fourth-order valence-electron chi connectivity index (χ4n) is 2.55. The molecule has 0 N–H and O–H groups in total. The van der Waals surface area contributed by atoms with Crippen molar-refractivity contribution >= 4 is 33.3 Å². The van der Waals surface area contributed by atoms with Gasteiger partial charge in [0.25, 0.3) is 11.1 Å². The van der Waals surface area contributed by atoms with E-state index in [2.05, 4.69) is 4.98 Å². The maximum Gasteiger partial charge on any atom is 0.277 e. The lowest BCUT2D eigenvalue weighted by atomic mass is 10.2. The van der Waals surface area contributed by atoms with Gasteiger partial charge in [-0.15, -0.1) is 0 Å². The molecule has 5 nitrogen and oxygen atoms in total. The molecule has 0 saturated carbocycles. The van der Waals surface area contributed by atoms with Crippen molar-refractivity contribution in [2.75, 3.05) is 7.11 Å². The van der Waals surface area contributed by atoms with Crippen LogP contribution in [0, 0.1) is 0 Å². The van der Waals surface area contributed by atoms with Crippen LogP contribution in [0.1, 0.15) is 5.56 Å². The summed E-state index contributed by atoms with van der Waals surface area (Å²) < 4.78 is 6.74. The summed E-state index contributed by atoms with van der Waals surface area (Å²) in [7, 11) is 1.60. The van der Waals surface area contributed by atoms with E-state index in [0.29, 0.717) is 20.4 Å². The highest BCUT2D eigenvalue weighted by Crippen LogP contribution is 2.12. The Morgan fingerprint density at radius 2 is 1.79 bits per heavy atom. The van der Waals surface area contributed by atoms with E-state index in [1.807, 2.05) is 30.3 Å². The third kappa shape index (κ3) is 2.28. The molecule has 0 radical (unpaired) electrons. The number of ether oxygens (including phenoxy) is 1. The van der Waals surface area contributed by atoms with Crippen LogP contribution in [0.3, 0.4) is 0 Å². The number of hydrogen-bond donors (Lipinski definition) is 0. The SMILES string of the molecule is COc1ccc(/C=c2\sc3nc4ccccc4c(=O)n3c2=O)cc1. The summed E-state index contributed by atoms with van der Waals surface area (Å²) in [5, 5.41) is 0.445. The summed E-state index contributed by atoms with van der Waals surface area (Å²) in [5.74, 6) is 0.745. The highest BCUT2D eigenvalue weighted by molar-refractivity contribution is 7.15. The van der Waals surface area contributed by atoms with Crippen molar-refractivity contribution in [3.8, 4) is 5.75 Å². The van der Waals surface area contributed by atoms with Crippen LogP contribution in [0.5, 0.6) is 5.75 Å². The minimum absolute atomic E-state index is 0.328. The van der Waals surface area contributed by atoms with Crippen LogP contribution < -0.4 is 20.4 Å². The normalized spacial score (nSPS) is 12.1. The Labute approximate surface area is 140 Å². The first-order valence-corrected chi connectivity index (χ1v) is 8.09. The number of nitrogens with zero attached hydrogens (tertiary/aromatic N) is 2. The van der Waals surface area contributed by atoms with Crippen molar-refractivity contribution in [2.24, 2.45) is 0 Å². The maximum absolute atomic E-state index is 12.6. The molecule has 0 unspecified atom stereocenters. The van der Waals surface area contributed by atoms with Gasteiger partial charge >= 0.3 is 0 Å². The molecular formula is C18H12N2O3S. The first-order chi connectivity index (χ1) is 11.7. The summed E-state index contributed by atoms with van der Waals surface area (Å²) in [6.07, 6.45) is 1.76. The Morgan fingerprint density at radius 1 is 1.04 bits per heavy atom. The van der Waals surface area contributed by atoms with Crippen LogP contribution in [0.15, 0.2) is 58.1 Å². The second kappa shape index (κ2) is 5.58. The number of aromatic nitrogens is 2. The van der Waals surface area contributed by atoms with Crippen LogP contribution in [0.4, 0.5) is 0 Å². The molecule has 0 bridgehead atoms. The molecular weight excluding hydrogens is 324 g/mol. The molecule has 6 heteroatoms. The maximum atomic E-state index is 12.6. The molecule has 0 saturated heterocycles. The molecule has 0 fully saturated rings. The van der Waals surface area contributed by atoms with E-state index >= 15 is 0 Å². The van der Waals surface area contributed by atoms with Crippen molar-refractivity contribution in [3.05, 3.63) is 79.3 Å². The number of rotatable bonds is 2. The molecule has 2 heterocycles. The predicted molar refractivity (Wildman–Crippen MR) is 94.9 cm³/mol. The third-order valence-corrected chi connectivity index (χ3v) is 4.74. The van der Waals surface area contributed by atoms with E-state index in [1.165, 1.54) is 11.3 Å². The molecule has 2 aromatic carbocycles. The summed E-state index contributed by atoms with van der Waals surface area (Å²) in [6, 6.07) is 14.4.